The number of hydrogen-bond acceptors (Lipinski definition) is 7. The molecule has 1 atom stereocenters. The minimum Gasteiger partial charge on any atom is -0.497 e. The zero-order valence-electron chi connectivity index (χ0n) is 21.5. The first-order valence-electron chi connectivity index (χ1n) is 12.3. The second kappa shape index (κ2) is 10.6. The predicted molar refractivity (Wildman–Crippen MR) is 149 cm³/mol. The average Bonchev–Trinajstić information content (AvgIpc) is 2.92. The molecular weight excluding hydrogens is 460 g/mol. The number of hydrogen-bond donors (Lipinski definition) is 2. The minimum absolute atomic E-state index is 0.0937. The first-order chi connectivity index (χ1) is 18.0. The van der Waals surface area contributed by atoms with Crippen molar-refractivity contribution in [1.29, 1.82) is 0 Å². The highest BCUT2D eigenvalue weighted by Gasteiger charge is 2.17. The van der Waals surface area contributed by atoms with Crippen LogP contribution in [0.1, 0.15) is 35.5 Å². The molecular formula is C30H30N6O. The molecule has 37 heavy (non-hydrogen) atoms. The van der Waals surface area contributed by atoms with Crippen molar-refractivity contribution in [1.82, 2.24) is 19.9 Å². The monoisotopic (exact) mass is 490 g/mol. The first-order valence-corrected chi connectivity index (χ1v) is 12.3. The molecule has 0 bridgehead atoms. The van der Waals surface area contributed by atoms with E-state index in [0.717, 1.165) is 44.6 Å². The number of ether oxygens (including phenoxy) is 1. The number of aromatic nitrogens is 4. The number of pyridine rings is 1. The molecule has 0 amide bonds. The van der Waals surface area contributed by atoms with E-state index in [2.05, 4.69) is 75.8 Å². The highest BCUT2D eigenvalue weighted by Crippen LogP contribution is 2.32. The second-order valence-corrected chi connectivity index (χ2v) is 9.04. The van der Waals surface area contributed by atoms with Crippen molar-refractivity contribution in [3.05, 3.63) is 101 Å². The van der Waals surface area contributed by atoms with Crippen molar-refractivity contribution in [2.45, 2.75) is 33.4 Å². The van der Waals surface area contributed by atoms with Gasteiger partial charge in [0.2, 0.25) is 11.9 Å². The number of fused-ring (bicyclic) bond motifs is 1. The lowest BCUT2D eigenvalue weighted by atomic mass is 9.97. The SMILES string of the molecule is COc1ccc(CNc2nc(C)nc(N[C@@H](C)c3cc4cccc(C)c4nc3-c3ccccc3)n2)cc1. The van der Waals surface area contributed by atoms with Crippen molar-refractivity contribution in [3.8, 4) is 17.0 Å². The fourth-order valence-corrected chi connectivity index (χ4v) is 4.34. The molecule has 186 valence electrons. The molecule has 7 nitrogen and oxygen atoms in total. The number of rotatable bonds is 8. The standard InChI is InChI=1S/C30H30N6O/c1-19-9-8-12-24-17-26(28(35-27(19)24)23-10-6-5-7-11-23)20(2)32-30-34-21(3)33-29(36-30)31-18-22-13-15-25(37-4)16-14-22/h5-17,20H,18H2,1-4H3,(H2,31,32,33,34,36)/t20-/m0/s1. The number of benzene rings is 3. The van der Waals surface area contributed by atoms with Crippen LogP contribution in [0.15, 0.2) is 78.9 Å². The number of aryl methyl sites for hydroxylation is 2. The summed E-state index contributed by atoms with van der Waals surface area (Å²) in [6.07, 6.45) is 0. The fraction of sp³-hybridized carbons (Fsp3) is 0.200. The van der Waals surface area contributed by atoms with Crippen LogP contribution in [0.25, 0.3) is 22.2 Å². The Morgan fingerprint density at radius 1 is 0.811 bits per heavy atom. The molecule has 5 aromatic rings. The summed E-state index contributed by atoms with van der Waals surface area (Å²) in [5, 5.41) is 7.90. The van der Waals surface area contributed by atoms with Gasteiger partial charge in [-0.1, -0.05) is 60.7 Å². The Morgan fingerprint density at radius 2 is 1.57 bits per heavy atom. The number of methoxy groups -OCH3 is 1. The van der Waals surface area contributed by atoms with E-state index in [0.29, 0.717) is 24.3 Å². The maximum absolute atomic E-state index is 5.24. The van der Waals surface area contributed by atoms with Gasteiger partial charge in [0.15, 0.2) is 0 Å². The van der Waals surface area contributed by atoms with Gasteiger partial charge in [-0.25, -0.2) is 4.98 Å². The summed E-state index contributed by atoms with van der Waals surface area (Å²) < 4.78 is 5.24. The maximum Gasteiger partial charge on any atom is 0.228 e. The Balaban J connectivity index is 1.42. The predicted octanol–water partition coefficient (Wildman–Crippen LogP) is 6.50. The third kappa shape index (κ3) is 5.51. The summed E-state index contributed by atoms with van der Waals surface area (Å²) in [5.74, 6) is 2.50. The van der Waals surface area contributed by atoms with Gasteiger partial charge in [0.1, 0.15) is 11.6 Å². The van der Waals surface area contributed by atoms with Gasteiger partial charge in [0, 0.05) is 23.1 Å². The number of para-hydroxylation sites is 1. The molecule has 3 aromatic carbocycles. The van der Waals surface area contributed by atoms with Crippen molar-refractivity contribution in [3.63, 3.8) is 0 Å². The van der Waals surface area contributed by atoms with E-state index in [1.165, 1.54) is 0 Å². The van der Waals surface area contributed by atoms with Crippen LogP contribution in [-0.2, 0) is 6.54 Å². The summed E-state index contributed by atoms with van der Waals surface area (Å²) >= 11 is 0. The molecule has 7 heteroatoms. The van der Waals surface area contributed by atoms with Gasteiger partial charge in [-0.3, -0.25) is 0 Å². The van der Waals surface area contributed by atoms with Crippen molar-refractivity contribution < 1.29 is 4.74 Å². The number of anilines is 2. The summed E-state index contributed by atoms with van der Waals surface area (Å²) in [7, 11) is 1.66. The lowest BCUT2D eigenvalue weighted by Gasteiger charge is -2.19. The number of nitrogens with one attached hydrogen (secondary N) is 2. The van der Waals surface area contributed by atoms with E-state index in [9.17, 15) is 0 Å². The summed E-state index contributed by atoms with van der Waals surface area (Å²) in [5.41, 5.74) is 6.37. The topological polar surface area (TPSA) is 84.9 Å². The molecule has 0 saturated heterocycles. The largest absolute Gasteiger partial charge is 0.497 e. The van der Waals surface area contributed by atoms with E-state index < -0.39 is 0 Å². The Morgan fingerprint density at radius 3 is 2.32 bits per heavy atom. The van der Waals surface area contributed by atoms with Gasteiger partial charge < -0.3 is 15.4 Å². The zero-order valence-corrected chi connectivity index (χ0v) is 21.5. The van der Waals surface area contributed by atoms with Gasteiger partial charge >= 0.3 is 0 Å². The van der Waals surface area contributed by atoms with E-state index in [-0.39, 0.29) is 6.04 Å². The van der Waals surface area contributed by atoms with Gasteiger partial charge in [0.05, 0.1) is 24.4 Å². The van der Waals surface area contributed by atoms with Gasteiger partial charge in [0.25, 0.3) is 0 Å². The van der Waals surface area contributed by atoms with Gasteiger partial charge in [-0.15, -0.1) is 0 Å². The zero-order chi connectivity index (χ0) is 25.8. The molecule has 0 saturated carbocycles. The lowest BCUT2D eigenvalue weighted by molar-refractivity contribution is 0.414. The second-order valence-electron chi connectivity index (χ2n) is 9.04. The Bertz CT molecular complexity index is 1520. The third-order valence-electron chi connectivity index (χ3n) is 6.29. The molecule has 0 aliphatic carbocycles. The fourth-order valence-electron chi connectivity index (χ4n) is 4.34. The van der Waals surface area contributed by atoms with E-state index in [1.807, 2.05) is 49.4 Å². The van der Waals surface area contributed by atoms with Crippen LogP contribution < -0.4 is 15.4 Å². The van der Waals surface area contributed by atoms with Crippen LogP contribution in [-0.4, -0.2) is 27.0 Å². The van der Waals surface area contributed by atoms with Crippen molar-refractivity contribution in [2.24, 2.45) is 0 Å². The molecule has 0 aliphatic rings. The Labute approximate surface area is 217 Å². The Hall–Kier alpha value is -4.52. The minimum atomic E-state index is -0.0937. The highest BCUT2D eigenvalue weighted by molar-refractivity contribution is 5.86. The molecule has 2 heterocycles. The smallest absolute Gasteiger partial charge is 0.228 e. The van der Waals surface area contributed by atoms with Crippen LogP contribution >= 0.6 is 0 Å². The third-order valence-corrected chi connectivity index (χ3v) is 6.29. The highest BCUT2D eigenvalue weighted by atomic mass is 16.5. The average molecular weight is 491 g/mol. The first kappa shape index (κ1) is 24.2. The van der Waals surface area contributed by atoms with Crippen LogP contribution in [0.5, 0.6) is 5.75 Å². The Kier molecular flexibility index (Phi) is 6.94. The van der Waals surface area contributed by atoms with Crippen LogP contribution in [0.3, 0.4) is 0 Å². The van der Waals surface area contributed by atoms with Gasteiger partial charge in [-0.05, 0) is 50.1 Å². The molecule has 5 rings (SSSR count). The van der Waals surface area contributed by atoms with E-state index in [4.69, 9.17) is 9.72 Å². The van der Waals surface area contributed by atoms with Crippen LogP contribution in [0, 0.1) is 13.8 Å². The normalized spacial score (nSPS) is 11.8. The molecule has 0 aliphatic heterocycles. The maximum atomic E-state index is 5.24. The van der Waals surface area contributed by atoms with Crippen LogP contribution in [0.4, 0.5) is 11.9 Å². The van der Waals surface area contributed by atoms with Crippen molar-refractivity contribution in [2.75, 3.05) is 17.7 Å². The quantitative estimate of drug-likeness (QED) is 0.257. The van der Waals surface area contributed by atoms with E-state index >= 15 is 0 Å². The van der Waals surface area contributed by atoms with Crippen molar-refractivity contribution >= 4 is 22.8 Å². The molecule has 2 aromatic heterocycles. The van der Waals surface area contributed by atoms with Crippen LogP contribution in [0.2, 0.25) is 0 Å². The summed E-state index contributed by atoms with van der Waals surface area (Å²) in [6, 6.07) is 26.6. The molecule has 0 spiro atoms. The summed E-state index contributed by atoms with van der Waals surface area (Å²) in [6.45, 7) is 6.66. The van der Waals surface area contributed by atoms with Gasteiger partial charge in [-0.2, -0.15) is 15.0 Å². The molecule has 0 radical (unpaired) electrons. The number of nitrogens with zero attached hydrogens (tertiary/aromatic N) is 4. The summed E-state index contributed by atoms with van der Waals surface area (Å²) in [4.78, 5) is 18.8. The molecule has 0 fully saturated rings. The van der Waals surface area contributed by atoms with E-state index in [1.54, 1.807) is 7.11 Å². The lowest BCUT2D eigenvalue weighted by Crippen LogP contribution is -2.14. The molecule has 2 N–H and O–H groups in total. The molecule has 0 unspecified atom stereocenters.